The molecule has 1 aromatic heterocycles. The number of carbonyl (C=O) groups excluding carboxylic acids is 3. The Morgan fingerprint density at radius 1 is 1.31 bits per heavy atom. The van der Waals surface area contributed by atoms with Crippen LogP contribution in [0.3, 0.4) is 0 Å². The van der Waals surface area contributed by atoms with E-state index < -0.39 is 41.7 Å². The maximum absolute atomic E-state index is 13.2. The van der Waals surface area contributed by atoms with Crippen LogP contribution in [0.5, 0.6) is 0 Å². The number of imide groups is 1. The summed E-state index contributed by atoms with van der Waals surface area (Å²) in [5.74, 6) is -1.33. The van der Waals surface area contributed by atoms with Crippen molar-refractivity contribution in [3.05, 3.63) is 42.2 Å². The maximum atomic E-state index is 13.2. The number of halogens is 3. The van der Waals surface area contributed by atoms with Gasteiger partial charge in [0, 0.05) is 12.4 Å². The summed E-state index contributed by atoms with van der Waals surface area (Å²) < 4.78 is 40.9. The lowest BCUT2D eigenvalue weighted by Gasteiger charge is -2.36. The lowest BCUT2D eigenvalue weighted by atomic mass is 9.73. The molecule has 2 aromatic rings. The number of benzene rings is 1. The highest BCUT2D eigenvalue weighted by atomic mass is 19.4. The second-order valence-corrected chi connectivity index (χ2v) is 8.17. The van der Waals surface area contributed by atoms with Gasteiger partial charge in [-0.05, 0) is 43.0 Å². The normalized spacial score (nSPS) is 23.5. The van der Waals surface area contributed by atoms with Crippen molar-refractivity contribution in [1.29, 1.82) is 0 Å². The van der Waals surface area contributed by atoms with Crippen molar-refractivity contribution in [2.45, 2.75) is 44.3 Å². The topological polar surface area (TPSA) is 96.3 Å². The fraction of sp³-hybridized carbons (Fsp3) is 0.429. The van der Waals surface area contributed by atoms with Gasteiger partial charge in [-0.25, -0.2) is 9.48 Å². The molecule has 1 spiro atoms. The molecule has 1 saturated heterocycles. The van der Waals surface area contributed by atoms with Crippen LogP contribution in [-0.2, 0) is 15.8 Å². The summed E-state index contributed by atoms with van der Waals surface area (Å²) in [6.45, 7) is 1.29. The number of carbonyl (C=O) groups is 3. The lowest BCUT2D eigenvalue weighted by Crippen LogP contribution is -2.54. The fourth-order valence-electron chi connectivity index (χ4n) is 4.40. The van der Waals surface area contributed by atoms with E-state index in [-0.39, 0.29) is 17.3 Å². The second-order valence-electron chi connectivity index (χ2n) is 8.17. The highest BCUT2D eigenvalue weighted by Crippen LogP contribution is 2.38. The number of alkyl halides is 3. The minimum atomic E-state index is -4.61. The SMILES string of the molecule is CC1CCCCC12NC(=O)N(CC(=O)Nc1cc(C(F)(F)F)ccc1-n1cccn1)C2=O. The number of nitrogens with one attached hydrogen (secondary N) is 2. The summed E-state index contributed by atoms with van der Waals surface area (Å²) in [7, 11) is 0. The highest BCUT2D eigenvalue weighted by Gasteiger charge is 2.55. The molecule has 11 heteroatoms. The molecule has 32 heavy (non-hydrogen) atoms. The molecule has 2 heterocycles. The van der Waals surface area contributed by atoms with E-state index in [1.165, 1.54) is 23.1 Å². The third-order valence-electron chi connectivity index (χ3n) is 6.15. The Labute approximate surface area is 181 Å². The van der Waals surface area contributed by atoms with Crippen LogP contribution in [0.1, 0.15) is 38.2 Å². The summed E-state index contributed by atoms with van der Waals surface area (Å²) in [5, 5.41) is 9.15. The van der Waals surface area contributed by atoms with Gasteiger partial charge in [0.1, 0.15) is 12.1 Å². The Morgan fingerprint density at radius 3 is 2.75 bits per heavy atom. The third-order valence-corrected chi connectivity index (χ3v) is 6.15. The van der Waals surface area contributed by atoms with Crippen LogP contribution in [-0.4, -0.2) is 44.6 Å². The molecule has 2 atom stereocenters. The average molecular weight is 449 g/mol. The zero-order valence-corrected chi connectivity index (χ0v) is 17.3. The van der Waals surface area contributed by atoms with Crippen molar-refractivity contribution < 1.29 is 27.6 Å². The van der Waals surface area contributed by atoms with Crippen LogP contribution >= 0.6 is 0 Å². The molecule has 1 saturated carbocycles. The van der Waals surface area contributed by atoms with Crippen molar-refractivity contribution in [2.75, 3.05) is 11.9 Å². The van der Waals surface area contributed by atoms with Crippen LogP contribution in [0.2, 0.25) is 0 Å². The molecule has 2 aliphatic rings. The van der Waals surface area contributed by atoms with E-state index in [0.29, 0.717) is 6.42 Å². The van der Waals surface area contributed by atoms with Crippen LogP contribution < -0.4 is 10.6 Å². The molecule has 2 N–H and O–H groups in total. The van der Waals surface area contributed by atoms with Crippen molar-refractivity contribution in [3.8, 4) is 5.69 Å². The van der Waals surface area contributed by atoms with Gasteiger partial charge in [-0.15, -0.1) is 0 Å². The molecule has 4 rings (SSSR count). The summed E-state index contributed by atoms with van der Waals surface area (Å²) in [6.07, 6.45) is 1.37. The zero-order chi connectivity index (χ0) is 23.1. The molecule has 0 bridgehead atoms. The number of nitrogens with zero attached hydrogens (tertiary/aromatic N) is 3. The molecule has 1 aliphatic heterocycles. The zero-order valence-electron chi connectivity index (χ0n) is 17.3. The van der Waals surface area contributed by atoms with Gasteiger partial charge in [0.15, 0.2) is 0 Å². The molecule has 170 valence electrons. The predicted octanol–water partition coefficient (Wildman–Crippen LogP) is 3.33. The van der Waals surface area contributed by atoms with E-state index in [2.05, 4.69) is 15.7 Å². The van der Waals surface area contributed by atoms with E-state index >= 15 is 0 Å². The largest absolute Gasteiger partial charge is 0.416 e. The van der Waals surface area contributed by atoms with Crippen LogP contribution in [0.15, 0.2) is 36.7 Å². The molecule has 8 nitrogen and oxygen atoms in total. The monoisotopic (exact) mass is 449 g/mol. The van der Waals surface area contributed by atoms with Crippen LogP contribution in [0.25, 0.3) is 5.69 Å². The first kappa shape index (κ1) is 21.8. The first-order valence-corrected chi connectivity index (χ1v) is 10.3. The van der Waals surface area contributed by atoms with E-state index in [1.807, 2.05) is 6.92 Å². The number of amides is 4. The van der Waals surface area contributed by atoms with Gasteiger partial charge in [-0.1, -0.05) is 19.8 Å². The predicted molar refractivity (Wildman–Crippen MR) is 108 cm³/mol. The van der Waals surface area contributed by atoms with Gasteiger partial charge in [-0.3, -0.25) is 14.5 Å². The van der Waals surface area contributed by atoms with Gasteiger partial charge < -0.3 is 10.6 Å². The number of urea groups is 1. The van der Waals surface area contributed by atoms with E-state index in [9.17, 15) is 27.6 Å². The minimum Gasteiger partial charge on any atom is -0.323 e. The smallest absolute Gasteiger partial charge is 0.323 e. The van der Waals surface area contributed by atoms with Gasteiger partial charge in [-0.2, -0.15) is 18.3 Å². The molecule has 2 fully saturated rings. The Bertz CT molecular complexity index is 1050. The third kappa shape index (κ3) is 3.82. The van der Waals surface area contributed by atoms with Crippen LogP contribution in [0.4, 0.5) is 23.7 Å². The number of hydrogen-bond acceptors (Lipinski definition) is 4. The van der Waals surface area contributed by atoms with Crippen molar-refractivity contribution in [1.82, 2.24) is 20.0 Å². The summed E-state index contributed by atoms with van der Waals surface area (Å²) in [6, 6.07) is 3.79. The lowest BCUT2D eigenvalue weighted by molar-refractivity contribution is -0.137. The standard InChI is InChI=1S/C21H22F3N5O3/c1-13-5-2-3-8-20(13)18(31)28(19(32)27-20)12-17(30)26-15-11-14(21(22,23)24)6-7-16(15)29-10-4-9-25-29/h4,6-7,9-11,13H,2-3,5,8,12H2,1H3,(H,26,30)(H,27,32). The highest BCUT2D eigenvalue weighted by molar-refractivity contribution is 6.10. The number of aromatic nitrogens is 2. The molecule has 1 aliphatic carbocycles. The maximum Gasteiger partial charge on any atom is 0.416 e. The molecule has 4 amide bonds. The number of hydrogen-bond donors (Lipinski definition) is 2. The van der Waals surface area contributed by atoms with Gasteiger partial charge in [0.2, 0.25) is 5.91 Å². The summed E-state index contributed by atoms with van der Waals surface area (Å²) >= 11 is 0. The second kappa shape index (κ2) is 7.95. The molecular formula is C21H22F3N5O3. The van der Waals surface area contributed by atoms with Gasteiger partial charge in [0.25, 0.3) is 5.91 Å². The van der Waals surface area contributed by atoms with Crippen molar-refractivity contribution >= 4 is 23.5 Å². The summed E-state index contributed by atoms with van der Waals surface area (Å²) in [4.78, 5) is 39.0. The Hall–Kier alpha value is -3.37. The minimum absolute atomic E-state index is 0.0735. The summed E-state index contributed by atoms with van der Waals surface area (Å²) in [5.41, 5.74) is -1.90. The van der Waals surface area contributed by atoms with Crippen LogP contribution in [0, 0.1) is 5.92 Å². The Morgan fingerprint density at radius 2 is 2.09 bits per heavy atom. The van der Waals surface area contributed by atoms with Gasteiger partial charge >= 0.3 is 12.2 Å². The Balaban J connectivity index is 1.56. The number of anilines is 1. The molecular weight excluding hydrogens is 427 g/mol. The first-order chi connectivity index (χ1) is 15.1. The molecule has 1 aromatic carbocycles. The fourth-order valence-corrected chi connectivity index (χ4v) is 4.40. The number of rotatable bonds is 4. The quantitative estimate of drug-likeness (QED) is 0.700. The van der Waals surface area contributed by atoms with Crippen molar-refractivity contribution in [2.24, 2.45) is 5.92 Å². The van der Waals surface area contributed by atoms with E-state index in [0.717, 1.165) is 36.3 Å². The van der Waals surface area contributed by atoms with E-state index in [4.69, 9.17) is 0 Å². The van der Waals surface area contributed by atoms with E-state index in [1.54, 1.807) is 6.07 Å². The average Bonchev–Trinajstić information content (AvgIpc) is 3.33. The van der Waals surface area contributed by atoms with Gasteiger partial charge in [0.05, 0.1) is 16.9 Å². The molecule has 0 radical (unpaired) electrons. The molecule has 2 unspecified atom stereocenters. The van der Waals surface area contributed by atoms with Crippen molar-refractivity contribution in [3.63, 3.8) is 0 Å². The Kier molecular flexibility index (Phi) is 5.43. The first-order valence-electron chi connectivity index (χ1n) is 10.3.